The molecule has 2 aromatic rings. The molecule has 1 aromatic carbocycles. The predicted octanol–water partition coefficient (Wildman–Crippen LogP) is 1.24. The maximum Gasteiger partial charge on any atom is 0.118 e. The number of likely N-dealkylation sites (tertiary alicyclic amines) is 1. The van der Waals surface area contributed by atoms with Crippen molar-refractivity contribution in [3.8, 4) is 5.75 Å². The van der Waals surface area contributed by atoms with Gasteiger partial charge in [0.15, 0.2) is 0 Å². The quantitative estimate of drug-likeness (QED) is 0.850. The molecule has 2 atom stereocenters. The molecule has 0 saturated carbocycles. The van der Waals surface area contributed by atoms with Crippen molar-refractivity contribution in [1.82, 2.24) is 19.9 Å². The number of methoxy groups -OCH3 is 1. The van der Waals surface area contributed by atoms with E-state index in [1.54, 1.807) is 13.3 Å². The number of aromatic nitrogens is 3. The monoisotopic (exact) mass is 286 g/mol. The molecule has 21 heavy (non-hydrogen) atoms. The van der Waals surface area contributed by atoms with E-state index in [9.17, 15) is 0 Å². The second kappa shape index (κ2) is 5.13. The van der Waals surface area contributed by atoms with E-state index < -0.39 is 0 Å². The number of hydrogen-bond donors (Lipinski definition) is 0. The van der Waals surface area contributed by atoms with Crippen molar-refractivity contribution in [2.75, 3.05) is 20.2 Å². The minimum atomic E-state index is 0.220. The normalized spacial score (nSPS) is 24.6. The maximum absolute atomic E-state index is 5.93. The summed E-state index contributed by atoms with van der Waals surface area (Å²) >= 11 is 0. The predicted molar refractivity (Wildman–Crippen MR) is 75.9 cm³/mol. The van der Waals surface area contributed by atoms with Crippen LogP contribution >= 0.6 is 0 Å². The summed E-state index contributed by atoms with van der Waals surface area (Å²) in [5.74, 6) is 0.893. The second-order valence-electron chi connectivity index (χ2n) is 5.63. The Morgan fingerprint density at radius 2 is 2.14 bits per heavy atom. The van der Waals surface area contributed by atoms with E-state index in [4.69, 9.17) is 9.47 Å². The van der Waals surface area contributed by atoms with E-state index in [-0.39, 0.29) is 12.1 Å². The number of fused-ring (bicyclic) bond motifs is 3. The zero-order valence-corrected chi connectivity index (χ0v) is 12.0. The number of ether oxygens (including phenoxy) is 2. The Hall–Kier alpha value is -1.92. The fourth-order valence-corrected chi connectivity index (χ4v) is 3.19. The molecule has 1 fully saturated rings. The fourth-order valence-electron chi connectivity index (χ4n) is 3.19. The molecule has 0 radical (unpaired) electrons. The van der Waals surface area contributed by atoms with E-state index in [0.29, 0.717) is 6.61 Å². The molecule has 1 aromatic heterocycles. The third kappa shape index (κ3) is 2.30. The van der Waals surface area contributed by atoms with Crippen LogP contribution in [0.2, 0.25) is 0 Å². The SMILES string of the molecule is COc1ccc(CN2CC3OCc4cnnn4C3C2)cc1. The van der Waals surface area contributed by atoms with Crippen LogP contribution in [0.25, 0.3) is 0 Å². The molecule has 4 rings (SSSR count). The highest BCUT2D eigenvalue weighted by molar-refractivity contribution is 5.27. The van der Waals surface area contributed by atoms with Crippen LogP contribution in [0.1, 0.15) is 17.3 Å². The molecule has 2 aliphatic heterocycles. The van der Waals surface area contributed by atoms with E-state index in [2.05, 4.69) is 27.3 Å². The molecule has 0 bridgehead atoms. The molecule has 6 nitrogen and oxygen atoms in total. The van der Waals surface area contributed by atoms with Gasteiger partial charge in [0.1, 0.15) is 5.75 Å². The zero-order valence-electron chi connectivity index (χ0n) is 12.0. The molecule has 3 heterocycles. The first-order valence-corrected chi connectivity index (χ1v) is 7.19. The maximum atomic E-state index is 5.93. The van der Waals surface area contributed by atoms with Crippen LogP contribution in [0.5, 0.6) is 5.75 Å². The number of nitrogens with zero attached hydrogens (tertiary/aromatic N) is 4. The summed E-state index contributed by atoms with van der Waals surface area (Å²) < 4.78 is 13.2. The van der Waals surface area contributed by atoms with Crippen molar-refractivity contribution in [3.63, 3.8) is 0 Å². The van der Waals surface area contributed by atoms with Gasteiger partial charge < -0.3 is 9.47 Å². The number of rotatable bonds is 3. The third-order valence-corrected chi connectivity index (χ3v) is 4.29. The molecule has 6 heteroatoms. The van der Waals surface area contributed by atoms with Gasteiger partial charge in [0.2, 0.25) is 0 Å². The first-order valence-electron chi connectivity index (χ1n) is 7.19. The van der Waals surface area contributed by atoms with E-state index in [0.717, 1.165) is 31.1 Å². The van der Waals surface area contributed by atoms with Crippen LogP contribution in [-0.2, 0) is 17.9 Å². The highest BCUT2D eigenvalue weighted by Crippen LogP contribution is 2.30. The van der Waals surface area contributed by atoms with Crippen molar-refractivity contribution in [2.45, 2.75) is 25.3 Å². The summed E-state index contributed by atoms with van der Waals surface area (Å²) in [6.07, 6.45) is 2.01. The van der Waals surface area contributed by atoms with Gasteiger partial charge in [-0.15, -0.1) is 5.10 Å². The standard InChI is InChI=1S/C15H18N4O2/c1-20-13-4-2-11(3-5-13)7-18-8-14-15(9-18)21-10-12-6-16-17-19(12)14/h2-6,14-15H,7-10H2,1H3. The van der Waals surface area contributed by atoms with Crippen molar-refractivity contribution < 1.29 is 9.47 Å². The second-order valence-corrected chi connectivity index (χ2v) is 5.63. The van der Waals surface area contributed by atoms with Crippen LogP contribution in [0, 0.1) is 0 Å². The highest BCUT2D eigenvalue weighted by atomic mass is 16.5. The average Bonchev–Trinajstić information content (AvgIpc) is 3.12. The molecular weight excluding hydrogens is 268 g/mol. The summed E-state index contributed by atoms with van der Waals surface area (Å²) in [5, 5.41) is 8.20. The Kier molecular flexibility index (Phi) is 3.12. The molecule has 0 N–H and O–H groups in total. The molecule has 1 saturated heterocycles. The lowest BCUT2D eigenvalue weighted by atomic mass is 10.2. The molecule has 0 amide bonds. The number of benzene rings is 1. The Morgan fingerprint density at radius 3 is 2.95 bits per heavy atom. The highest BCUT2D eigenvalue weighted by Gasteiger charge is 2.39. The Balaban J connectivity index is 1.47. The molecule has 2 aliphatic rings. The Labute approximate surface area is 123 Å². The first kappa shape index (κ1) is 12.8. The summed E-state index contributed by atoms with van der Waals surface area (Å²) in [6.45, 7) is 3.43. The van der Waals surface area contributed by atoms with Gasteiger partial charge >= 0.3 is 0 Å². The molecule has 0 aliphatic carbocycles. The topological polar surface area (TPSA) is 52.4 Å². The van der Waals surface area contributed by atoms with Gasteiger partial charge in [-0.1, -0.05) is 17.3 Å². The van der Waals surface area contributed by atoms with E-state index in [1.807, 2.05) is 16.8 Å². The Bertz CT molecular complexity index is 625. The van der Waals surface area contributed by atoms with Crippen molar-refractivity contribution >= 4 is 0 Å². The van der Waals surface area contributed by atoms with Crippen molar-refractivity contribution in [2.24, 2.45) is 0 Å². The fraction of sp³-hybridized carbons (Fsp3) is 0.467. The van der Waals surface area contributed by atoms with Crippen molar-refractivity contribution in [3.05, 3.63) is 41.7 Å². The van der Waals surface area contributed by atoms with Gasteiger partial charge in [-0.3, -0.25) is 4.90 Å². The van der Waals surface area contributed by atoms with E-state index >= 15 is 0 Å². The van der Waals surface area contributed by atoms with Gasteiger partial charge in [-0.05, 0) is 17.7 Å². The zero-order chi connectivity index (χ0) is 14.2. The molecule has 2 unspecified atom stereocenters. The van der Waals surface area contributed by atoms with Crippen LogP contribution in [0.3, 0.4) is 0 Å². The lowest BCUT2D eigenvalue weighted by Gasteiger charge is -2.25. The largest absolute Gasteiger partial charge is 0.497 e. The third-order valence-electron chi connectivity index (χ3n) is 4.29. The molecule has 0 spiro atoms. The van der Waals surface area contributed by atoms with Crippen molar-refractivity contribution in [1.29, 1.82) is 0 Å². The Morgan fingerprint density at radius 1 is 1.29 bits per heavy atom. The molecule has 110 valence electrons. The van der Waals surface area contributed by atoms with Gasteiger partial charge in [-0.2, -0.15) is 0 Å². The van der Waals surface area contributed by atoms with Gasteiger partial charge in [-0.25, -0.2) is 4.68 Å². The minimum Gasteiger partial charge on any atom is -0.497 e. The van der Waals surface area contributed by atoms with E-state index in [1.165, 1.54) is 5.56 Å². The average molecular weight is 286 g/mol. The summed E-state index contributed by atoms with van der Waals surface area (Å²) in [7, 11) is 1.69. The van der Waals surface area contributed by atoms with Gasteiger partial charge in [0, 0.05) is 19.6 Å². The van der Waals surface area contributed by atoms with Gasteiger partial charge in [0.05, 0.1) is 37.8 Å². The van der Waals surface area contributed by atoms with Crippen LogP contribution < -0.4 is 4.74 Å². The smallest absolute Gasteiger partial charge is 0.118 e. The summed E-state index contributed by atoms with van der Waals surface area (Å²) in [4.78, 5) is 2.41. The van der Waals surface area contributed by atoms with Gasteiger partial charge in [0.25, 0.3) is 0 Å². The lowest BCUT2D eigenvalue weighted by molar-refractivity contribution is -0.00521. The minimum absolute atomic E-state index is 0.220. The van der Waals surface area contributed by atoms with Crippen LogP contribution in [0.4, 0.5) is 0 Å². The lowest BCUT2D eigenvalue weighted by Crippen LogP contribution is -2.32. The first-order chi connectivity index (χ1) is 10.3. The van der Waals surface area contributed by atoms with Crippen LogP contribution in [0.15, 0.2) is 30.5 Å². The number of hydrogen-bond acceptors (Lipinski definition) is 5. The molecular formula is C15H18N4O2. The summed E-state index contributed by atoms with van der Waals surface area (Å²) in [6, 6.07) is 8.52. The summed E-state index contributed by atoms with van der Waals surface area (Å²) in [5.41, 5.74) is 2.36. The van der Waals surface area contributed by atoms with Crippen LogP contribution in [-0.4, -0.2) is 46.2 Å².